The molecule has 3 aromatic rings. The summed E-state index contributed by atoms with van der Waals surface area (Å²) in [6.07, 6.45) is 3.29. The fourth-order valence-corrected chi connectivity index (χ4v) is 2.99. The molecule has 124 valence electrons. The summed E-state index contributed by atoms with van der Waals surface area (Å²) in [6.45, 7) is 0. The highest BCUT2D eigenvalue weighted by Crippen LogP contribution is 2.19. The van der Waals surface area contributed by atoms with E-state index >= 15 is 0 Å². The third-order valence-corrected chi connectivity index (χ3v) is 4.50. The Kier molecular flexibility index (Phi) is 5.78. The van der Waals surface area contributed by atoms with E-state index in [1.54, 1.807) is 6.08 Å². The number of hydrogen-bond acceptors (Lipinski definition) is 2. The largest absolute Gasteiger partial charge is 0.332 e. The first-order valence-electron chi connectivity index (χ1n) is 7.65. The summed E-state index contributed by atoms with van der Waals surface area (Å²) in [4.78, 5) is 12.1. The van der Waals surface area contributed by atoms with E-state index in [1.807, 2.05) is 66.7 Å². The van der Waals surface area contributed by atoms with Crippen LogP contribution >= 0.6 is 34.8 Å². The molecular formula is C20H15IN2OS. The van der Waals surface area contributed by atoms with Crippen molar-refractivity contribution in [3.63, 3.8) is 0 Å². The number of thiocarbonyl (C=S) groups is 1. The molecule has 0 heterocycles. The van der Waals surface area contributed by atoms with E-state index in [-0.39, 0.29) is 11.0 Å². The number of fused-ring (bicyclic) bond motifs is 1. The molecule has 3 rings (SSSR count). The number of rotatable bonds is 3. The standard InChI is InChI=1S/C20H15IN2OS/c21-16-9-11-17(12-10-16)22-20(25)23-19(24)13-8-15-6-3-5-14-4-1-2-7-18(14)15/h1-13H,(H2,22,23,24,25)/b13-8+. The van der Waals surface area contributed by atoms with Crippen molar-refractivity contribution in [3.05, 3.63) is 81.9 Å². The number of carbonyl (C=O) groups is 1. The highest BCUT2D eigenvalue weighted by Gasteiger charge is 2.02. The van der Waals surface area contributed by atoms with E-state index in [9.17, 15) is 4.79 Å². The van der Waals surface area contributed by atoms with Gasteiger partial charge in [0.15, 0.2) is 5.11 Å². The number of benzene rings is 3. The van der Waals surface area contributed by atoms with Crippen molar-refractivity contribution < 1.29 is 4.79 Å². The summed E-state index contributed by atoms with van der Waals surface area (Å²) < 4.78 is 1.14. The van der Waals surface area contributed by atoms with Crippen molar-refractivity contribution in [3.8, 4) is 0 Å². The lowest BCUT2D eigenvalue weighted by molar-refractivity contribution is -0.115. The van der Waals surface area contributed by atoms with Gasteiger partial charge in [-0.25, -0.2) is 0 Å². The van der Waals surface area contributed by atoms with Crippen molar-refractivity contribution in [2.45, 2.75) is 0 Å². The molecule has 0 atom stereocenters. The molecule has 0 saturated heterocycles. The lowest BCUT2D eigenvalue weighted by Crippen LogP contribution is -2.32. The predicted octanol–water partition coefficient (Wildman–Crippen LogP) is 4.97. The molecule has 0 fully saturated rings. The topological polar surface area (TPSA) is 41.1 Å². The Labute approximate surface area is 165 Å². The van der Waals surface area contributed by atoms with Crippen LogP contribution in [0.3, 0.4) is 0 Å². The molecule has 3 nitrogen and oxygen atoms in total. The van der Waals surface area contributed by atoms with Crippen LogP contribution in [0.25, 0.3) is 16.8 Å². The average Bonchev–Trinajstić information content (AvgIpc) is 2.62. The van der Waals surface area contributed by atoms with E-state index in [1.165, 1.54) is 6.08 Å². The number of carbonyl (C=O) groups excluding carboxylic acids is 1. The van der Waals surface area contributed by atoms with E-state index in [0.29, 0.717) is 0 Å². The van der Waals surface area contributed by atoms with Crippen LogP contribution in [0.1, 0.15) is 5.56 Å². The summed E-state index contributed by atoms with van der Waals surface area (Å²) in [7, 11) is 0. The van der Waals surface area contributed by atoms with Crippen LogP contribution < -0.4 is 10.6 Å². The zero-order valence-electron chi connectivity index (χ0n) is 13.2. The molecule has 0 aliphatic carbocycles. The first-order chi connectivity index (χ1) is 12.1. The van der Waals surface area contributed by atoms with Gasteiger partial charge in [-0.05, 0) is 81.5 Å². The van der Waals surface area contributed by atoms with Crippen LogP contribution in [-0.4, -0.2) is 11.0 Å². The number of hydrogen-bond donors (Lipinski definition) is 2. The maximum Gasteiger partial charge on any atom is 0.250 e. The first kappa shape index (κ1) is 17.6. The van der Waals surface area contributed by atoms with Gasteiger partial charge in [-0.1, -0.05) is 42.5 Å². The van der Waals surface area contributed by atoms with E-state index in [0.717, 1.165) is 25.6 Å². The molecule has 1 amide bonds. The summed E-state index contributed by atoms with van der Waals surface area (Å²) >= 11 is 7.41. The van der Waals surface area contributed by atoms with Crippen molar-refractivity contribution in [2.75, 3.05) is 5.32 Å². The third-order valence-electron chi connectivity index (χ3n) is 3.58. The quantitative estimate of drug-likeness (QED) is 0.331. The number of nitrogens with one attached hydrogen (secondary N) is 2. The van der Waals surface area contributed by atoms with Gasteiger partial charge in [0.1, 0.15) is 0 Å². The van der Waals surface area contributed by atoms with Gasteiger partial charge in [0, 0.05) is 15.3 Å². The van der Waals surface area contributed by atoms with Crippen LogP contribution in [0, 0.1) is 3.57 Å². The Morgan fingerprint density at radius 2 is 1.68 bits per heavy atom. The zero-order chi connectivity index (χ0) is 17.6. The highest BCUT2D eigenvalue weighted by molar-refractivity contribution is 14.1. The van der Waals surface area contributed by atoms with Gasteiger partial charge in [-0.3, -0.25) is 10.1 Å². The Morgan fingerprint density at radius 3 is 2.48 bits per heavy atom. The van der Waals surface area contributed by atoms with Gasteiger partial charge in [0.05, 0.1) is 0 Å². The Balaban J connectivity index is 1.64. The average molecular weight is 458 g/mol. The van der Waals surface area contributed by atoms with Crippen molar-refractivity contribution in [1.82, 2.24) is 5.32 Å². The van der Waals surface area contributed by atoms with E-state index in [4.69, 9.17) is 12.2 Å². The molecule has 3 aromatic carbocycles. The summed E-state index contributed by atoms with van der Waals surface area (Å²) in [5.74, 6) is -0.268. The minimum Gasteiger partial charge on any atom is -0.332 e. The van der Waals surface area contributed by atoms with Crippen LogP contribution in [0.2, 0.25) is 0 Å². The minimum absolute atomic E-state index is 0.268. The monoisotopic (exact) mass is 458 g/mol. The van der Waals surface area contributed by atoms with Crippen LogP contribution in [0.5, 0.6) is 0 Å². The Bertz CT molecular complexity index is 946. The highest BCUT2D eigenvalue weighted by atomic mass is 127. The molecule has 0 aromatic heterocycles. The summed E-state index contributed by atoms with van der Waals surface area (Å²) in [5, 5.41) is 8.16. The zero-order valence-corrected chi connectivity index (χ0v) is 16.2. The molecule has 0 spiro atoms. The number of halogens is 1. The smallest absolute Gasteiger partial charge is 0.250 e. The molecule has 0 aliphatic rings. The van der Waals surface area contributed by atoms with Crippen molar-refractivity contribution >= 4 is 68.4 Å². The van der Waals surface area contributed by atoms with Crippen molar-refractivity contribution in [2.24, 2.45) is 0 Å². The molecule has 25 heavy (non-hydrogen) atoms. The molecule has 0 radical (unpaired) electrons. The predicted molar refractivity (Wildman–Crippen MR) is 117 cm³/mol. The normalized spacial score (nSPS) is 10.8. The van der Waals surface area contributed by atoms with Gasteiger partial charge >= 0.3 is 0 Å². The fourth-order valence-electron chi connectivity index (χ4n) is 2.41. The second-order valence-electron chi connectivity index (χ2n) is 5.35. The molecular weight excluding hydrogens is 443 g/mol. The second kappa shape index (κ2) is 8.22. The third kappa shape index (κ3) is 4.87. The summed E-state index contributed by atoms with van der Waals surface area (Å²) in [5.41, 5.74) is 1.83. The Hall–Kier alpha value is -2.25. The summed E-state index contributed by atoms with van der Waals surface area (Å²) in [6, 6.07) is 21.8. The van der Waals surface area contributed by atoms with Crippen molar-refractivity contribution in [1.29, 1.82) is 0 Å². The number of anilines is 1. The molecule has 2 N–H and O–H groups in total. The Morgan fingerprint density at radius 1 is 0.960 bits per heavy atom. The van der Waals surface area contributed by atoms with Crippen LogP contribution in [-0.2, 0) is 4.79 Å². The van der Waals surface area contributed by atoms with E-state index < -0.39 is 0 Å². The lowest BCUT2D eigenvalue weighted by atomic mass is 10.0. The molecule has 0 aliphatic heterocycles. The van der Waals surface area contributed by atoms with Crippen LogP contribution in [0.15, 0.2) is 72.8 Å². The first-order valence-corrected chi connectivity index (χ1v) is 9.14. The molecule has 5 heteroatoms. The van der Waals surface area contributed by atoms with Gasteiger partial charge in [-0.15, -0.1) is 0 Å². The maximum absolute atomic E-state index is 12.1. The molecule has 0 bridgehead atoms. The second-order valence-corrected chi connectivity index (χ2v) is 7.01. The lowest BCUT2D eigenvalue weighted by Gasteiger charge is -2.08. The van der Waals surface area contributed by atoms with Gasteiger partial charge in [-0.2, -0.15) is 0 Å². The maximum atomic E-state index is 12.1. The molecule has 0 unspecified atom stereocenters. The SMILES string of the molecule is O=C(/C=C/c1cccc2ccccc12)NC(=S)Nc1ccc(I)cc1. The van der Waals surface area contributed by atoms with Gasteiger partial charge in [0.25, 0.3) is 0 Å². The van der Waals surface area contributed by atoms with Gasteiger partial charge in [0.2, 0.25) is 5.91 Å². The molecule has 0 saturated carbocycles. The van der Waals surface area contributed by atoms with Gasteiger partial charge < -0.3 is 5.32 Å². The minimum atomic E-state index is -0.268. The number of amides is 1. The van der Waals surface area contributed by atoms with E-state index in [2.05, 4.69) is 33.2 Å². The van der Waals surface area contributed by atoms with Crippen LogP contribution in [0.4, 0.5) is 5.69 Å². The fraction of sp³-hybridized carbons (Fsp3) is 0.